The number of hydrogen-bond donors (Lipinski definition) is 0. The largest absolute Gasteiger partial charge is 0.445 e. The summed E-state index contributed by atoms with van der Waals surface area (Å²) in [5.74, 6) is 0. The van der Waals surface area contributed by atoms with Gasteiger partial charge in [0.2, 0.25) is 0 Å². The molecule has 1 rings (SSSR count). The van der Waals surface area contributed by atoms with Crippen molar-refractivity contribution in [2.45, 2.75) is 19.4 Å². The lowest BCUT2D eigenvalue weighted by Crippen LogP contribution is -2.33. The molecule has 0 aliphatic heterocycles. The van der Waals surface area contributed by atoms with E-state index in [4.69, 9.17) is 4.74 Å². The van der Waals surface area contributed by atoms with Crippen LogP contribution in [0.5, 0.6) is 0 Å². The topological polar surface area (TPSA) is 63.7 Å². The van der Waals surface area contributed by atoms with Gasteiger partial charge in [-0.3, -0.25) is 0 Å². The van der Waals surface area contributed by atoms with Gasteiger partial charge in [0.05, 0.1) is 0 Å². The molecular weight excluding hydrogens is 246 g/mol. The Labute approximate surface area is 112 Å². The van der Waals surface area contributed by atoms with E-state index >= 15 is 0 Å². The van der Waals surface area contributed by atoms with Crippen molar-refractivity contribution in [3.63, 3.8) is 0 Å². The quantitative estimate of drug-likeness (QED) is 0.671. The highest BCUT2D eigenvalue weighted by atomic mass is 16.6. The third-order valence-electron chi connectivity index (χ3n) is 2.50. The normalized spacial score (nSPS) is 9.68. The highest BCUT2D eigenvalue weighted by Crippen LogP contribution is 2.04. The molecule has 0 unspecified atom stereocenters. The Morgan fingerprint density at radius 2 is 1.63 bits per heavy atom. The second-order valence-electron chi connectivity index (χ2n) is 3.94. The van der Waals surface area contributed by atoms with E-state index in [1.54, 1.807) is 0 Å². The van der Waals surface area contributed by atoms with Crippen LogP contribution < -0.4 is 0 Å². The van der Waals surface area contributed by atoms with Gasteiger partial charge in [-0.2, -0.15) is 0 Å². The summed E-state index contributed by atoms with van der Waals surface area (Å²) in [7, 11) is 0. The number of carbonyl (C=O) groups is 3. The lowest BCUT2D eigenvalue weighted by atomic mass is 10.2. The maximum absolute atomic E-state index is 11.8. The molecule has 0 aliphatic rings. The van der Waals surface area contributed by atoms with E-state index in [0.29, 0.717) is 0 Å². The van der Waals surface area contributed by atoms with Crippen molar-refractivity contribution in [1.82, 2.24) is 4.90 Å². The zero-order chi connectivity index (χ0) is 13.9. The summed E-state index contributed by atoms with van der Waals surface area (Å²) >= 11 is 0. The van der Waals surface area contributed by atoms with Gasteiger partial charge in [0.15, 0.2) is 0 Å². The molecule has 1 aromatic carbocycles. The molecule has 0 heterocycles. The van der Waals surface area contributed by atoms with Crippen molar-refractivity contribution in [2.75, 3.05) is 13.1 Å². The van der Waals surface area contributed by atoms with Crippen LogP contribution in [0.3, 0.4) is 0 Å². The highest BCUT2D eigenvalue weighted by Gasteiger charge is 2.14. The van der Waals surface area contributed by atoms with E-state index in [2.05, 4.69) is 0 Å². The molecule has 0 N–H and O–H groups in total. The molecule has 0 bridgehead atoms. The predicted octanol–water partition coefficient (Wildman–Crippen LogP) is 1.80. The zero-order valence-corrected chi connectivity index (χ0v) is 10.7. The van der Waals surface area contributed by atoms with Crippen molar-refractivity contribution < 1.29 is 19.1 Å². The molecule has 0 saturated heterocycles. The second-order valence-corrected chi connectivity index (χ2v) is 3.94. The first-order chi connectivity index (χ1) is 9.27. The minimum Gasteiger partial charge on any atom is -0.445 e. The van der Waals surface area contributed by atoms with Crippen molar-refractivity contribution >= 4 is 18.7 Å². The number of nitrogens with zero attached hydrogens (tertiary/aromatic N) is 1. The molecule has 19 heavy (non-hydrogen) atoms. The molecule has 0 aromatic heterocycles. The number of ether oxygens (including phenoxy) is 1. The first-order valence-electron chi connectivity index (χ1n) is 6.11. The standard InChI is InChI=1S/C14H17NO4/c16-10-4-8-15(9-5-11-17)14(18)19-12-13-6-2-1-3-7-13/h1-3,6-7,10-11H,4-5,8-9,12H2. The van der Waals surface area contributed by atoms with Gasteiger partial charge in [0, 0.05) is 25.9 Å². The second kappa shape index (κ2) is 8.85. The monoisotopic (exact) mass is 263 g/mol. The molecule has 5 nitrogen and oxygen atoms in total. The lowest BCUT2D eigenvalue weighted by Gasteiger charge is -2.20. The number of carbonyl (C=O) groups excluding carboxylic acids is 3. The van der Waals surface area contributed by atoms with E-state index in [-0.39, 0.29) is 32.5 Å². The molecule has 0 saturated carbocycles. The minimum absolute atomic E-state index is 0.179. The summed E-state index contributed by atoms with van der Waals surface area (Å²) in [6.07, 6.45) is 1.43. The summed E-state index contributed by atoms with van der Waals surface area (Å²) in [6, 6.07) is 9.31. The fourth-order valence-electron chi connectivity index (χ4n) is 1.52. The van der Waals surface area contributed by atoms with Crippen LogP contribution in [-0.2, 0) is 20.9 Å². The first-order valence-corrected chi connectivity index (χ1v) is 6.11. The van der Waals surface area contributed by atoms with E-state index in [1.165, 1.54) is 4.90 Å². The number of rotatable bonds is 8. The van der Waals surface area contributed by atoms with Gasteiger partial charge < -0.3 is 19.2 Å². The summed E-state index contributed by atoms with van der Waals surface area (Å²) in [4.78, 5) is 33.8. The molecule has 0 atom stereocenters. The summed E-state index contributed by atoms with van der Waals surface area (Å²) < 4.78 is 5.14. The number of amides is 1. The Morgan fingerprint density at radius 1 is 1.05 bits per heavy atom. The molecular formula is C14H17NO4. The van der Waals surface area contributed by atoms with Crippen molar-refractivity contribution in [2.24, 2.45) is 0 Å². The Kier molecular flexibility index (Phi) is 6.94. The van der Waals surface area contributed by atoms with Crippen LogP contribution in [0.1, 0.15) is 18.4 Å². The van der Waals surface area contributed by atoms with Crippen LogP contribution in [0.15, 0.2) is 30.3 Å². The zero-order valence-electron chi connectivity index (χ0n) is 10.7. The summed E-state index contributed by atoms with van der Waals surface area (Å²) in [5, 5.41) is 0. The van der Waals surface area contributed by atoms with Crippen LogP contribution in [0.25, 0.3) is 0 Å². The molecule has 0 spiro atoms. The Balaban J connectivity index is 2.45. The van der Waals surface area contributed by atoms with Gasteiger partial charge in [0.1, 0.15) is 19.2 Å². The van der Waals surface area contributed by atoms with Crippen LogP contribution >= 0.6 is 0 Å². The van der Waals surface area contributed by atoms with Gasteiger partial charge >= 0.3 is 6.09 Å². The van der Waals surface area contributed by atoms with Gasteiger partial charge in [-0.25, -0.2) is 4.79 Å². The van der Waals surface area contributed by atoms with Gasteiger partial charge in [0.25, 0.3) is 0 Å². The molecule has 5 heteroatoms. The van der Waals surface area contributed by atoms with Crippen LogP contribution in [0.2, 0.25) is 0 Å². The number of benzene rings is 1. The molecule has 0 radical (unpaired) electrons. The average molecular weight is 263 g/mol. The van der Waals surface area contributed by atoms with Crippen molar-refractivity contribution in [3.05, 3.63) is 35.9 Å². The highest BCUT2D eigenvalue weighted by molar-refractivity contribution is 5.68. The lowest BCUT2D eigenvalue weighted by molar-refractivity contribution is -0.108. The third-order valence-corrected chi connectivity index (χ3v) is 2.50. The third kappa shape index (κ3) is 5.81. The molecule has 1 amide bonds. The molecule has 102 valence electrons. The number of hydrogen-bond acceptors (Lipinski definition) is 4. The number of aldehydes is 2. The predicted molar refractivity (Wildman–Crippen MR) is 69.6 cm³/mol. The Bertz CT molecular complexity index is 393. The maximum Gasteiger partial charge on any atom is 0.410 e. The molecule has 0 fully saturated rings. The van der Waals surface area contributed by atoms with Crippen LogP contribution in [0, 0.1) is 0 Å². The Hall–Kier alpha value is -2.17. The van der Waals surface area contributed by atoms with E-state index < -0.39 is 6.09 Å². The van der Waals surface area contributed by atoms with E-state index in [0.717, 1.165) is 18.1 Å². The fraction of sp³-hybridized carbons (Fsp3) is 0.357. The van der Waals surface area contributed by atoms with Gasteiger partial charge in [-0.15, -0.1) is 0 Å². The van der Waals surface area contributed by atoms with E-state index in [1.807, 2.05) is 30.3 Å². The first kappa shape index (κ1) is 14.9. The van der Waals surface area contributed by atoms with Gasteiger partial charge in [-0.05, 0) is 5.56 Å². The average Bonchev–Trinajstić information content (AvgIpc) is 2.46. The summed E-state index contributed by atoms with van der Waals surface area (Å²) in [5.41, 5.74) is 0.890. The Morgan fingerprint density at radius 3 is 2.16 bits per heavy atom. The van der Waals surface area contributed by atoms with Crippen LogP contribution in [-0.4, -0.2) is 36.7 Å². The van der Waals surface area contributed by atoms with E-state index in [9.17, 15) is 14.4 Å². The van der Waals surface area contributed by atoms with Crippen molar-refractivity contribution in [1.29, 1.82) is 0 Å². The van der Waals surface area contributed by atoms with Crippen molar-refractivity contribution in [3.8, 4) is 0 Å². The fourth-order valence-corrected chi connectivity index (χ4v) is 1.52. The van der Waals surface area contributed by atoms with Crippen LogP contribution in [0.4, 0.5) is 4.79 Å². The minimum atomic E-state index is -0.507. The SMILES string of the molecule is O=CCCN(CCC=O)C(=O)OCc1ccccc1. The smallest absolute Gasteiger partial charge is 0.410 e. The molecule has 1 aromatic rings. The summed E-state index contributed by atoms with van der Waals surface area (Å²) in [6.45, 7) is 0.717. The molecule has 0 aliphatic carbocycles. The van der Waals surface area contributed by atoms with Gasteiger partial charge in [-0.1, -0.05) is 30.3 Å². The maximum atomic E-state index is 11.8.